The number of para-hydroxylation sites is 1. The predicted octanol–water partition coefficient (Wildman–Crippen LogP) is 3.77. The maximum Gasteiger partial charge on any atom is 0.276 e. The summed E-state index contributed by atoms with van der Waals surface area (Å²) in [5, 5.41) is 0.647. The SMILES string of the molecule is CCCc1ccc(OCC(=O)NNc2nc3ccccc3s2)cc1. The van der Waals surface area contributed by atoms with Gasteiger partial charge in [-0.2, -0.15) is 0 Å². The van der Waals surface area contributed by atoms with Crippen LogP contribution in [-0.2, 0) is 11.2 Å². The molecule has 3 rings (SSSR count). The number of hydrazine groups is 1. The van der Waals surface area contributed by atoms with E-state index in [0.29, 0.717) is 10.9 Å². The molecule has 0 radical (unpaired) electrons. The van der Waals surface area contributed by atoms with Gasteiger partial charge >= 0.3 is 0 Å². The summed E-state index contributed by atoms with van der Waals surface area (Å²) in [4.78, 5) is 16.2. The quantitative estimate of drug-likeness (QED) is 0.642. The Balaban J connectivity index is 1.47. The average molecular weight is 341 g/mol. The molecule has 3 aromatic rings. The number of hydrogen-bond donors (Lipinski definition) is 2. The fourth-order valence-electron chi connectivity index (χ4n) is 2.27. The summed E-state index contributed by atoms with van der Waals surface area (Å²) in [6.07, 6.45) is 2.16. The van der Waals surface area contributed by atoms with Crippen molar-refractivity contribution >= 4 is 32.6 Å². The molecule has 2 aromatic carbocycles. The lowest BCUT2D eigenvalue weighted by molar-refractivity contribution is -0.122. The van der Waals surface area contributed by atoms with E-state index in [9.17, 15) is 4.79 Å². The van der Waals surface area contributed by atoms with E-state index in [1.165, 1.54) is 16.9 Å². The highest BCUT2D eigenvalue weighted by atomic mass is 32.1. The van der Waals surface area contributed by atoms with E-state index in [1.54, 1.807) is 0 Å². The number of fused-ring (bicyclic) bond motifs is 1. The number of aromatic nitrogens is 1. The molecule has 1 aromatic heterocycles. The number of ether oxygens (including phenoxy) is 1. The van der Waals surface area contributed by atoms with E-state index in [-0.39, 0.29) is 12.5 Å². The first-order valence-corrected chi connectivity index (χ1v) is 8.68. The van der Waals surface area contributed by atoms with E-state index in [4.69, 9.17) is 4.74 Å². The van der Waals surface area contributed by atoms with Gasteiger partial charge in [-0.1, -0.05) is 48.9 Å². The number of carbonyl (C=O) groups is 1. The monoisotopic (exact) mass is 341 g/mol. The molecule has 0 aliphatic heterocycles. The average Bonchev–Trinajstić information content (AvgIpc) is 3.02. The molecule has 0 saturated carbocycles. The van der Waals surface area contributed by atoms with Crippen LogP contribution in [0.3, 0.4) is 0 Å². The second-order valence-electron chi connectivity index (χ2n) is 5.34. The third-order valence-electron chi connectivity index (χ3n) is 3.43. The van der Waals surface area contributed by atoms with Crippen LogP contribution in [0.4, 0.5) is 5.13 Å². The van der Waals surface area contributed by atoms with Gasteiger partial charge in [0.2, 0.25) is 5.13 Å². The van der Waals surface area contributed by atoms with Crippen LogP contribution in [-0.4, -0.2) is 17.5 Å². The molecule has 0 spiro atoms. The van der Waals surface area contributed by atoms with Crippen molar-refractivity contribution in [2.45, 2.75) is 19.8 Å². The molecule has 2 N–H and O–H groups in total. The highest BCUT2D eigenvalue weighted by Gasteiger charge is 2.06. The van der Waals surface area contributed by atoms with E-state index in [2.05, 4.69) is 22.8 Å². The summed E-state index contributed by atoms with van der Waals surface area (Å²) in [5.41, 5.74) is 7.60. The zero-order valence-corrected chi connectivity index (χ0v) is 14.2. The summed E-state index contributed by atoms with van der Waals surface area (Å²) in [7, 11) is 0. The van der Waals surface area contributed by atoms with Crippen LogP contribution in [0.2, 0.25) is 0 Å². The first-order valence-electron chi connectivity index (χ1n) is 7.87. The van der Waals surface area contributed by atoms with Gasteiger partial charge in [-0.3, -0.25) is 15.6 Å². The summed E-state index contributed by atoms with van der Waals surface area (Å²) >= 11 is 1.48. The number of amides is 1. The van der Waals surface area contributed by atoms with Gasteiger partial charge in [-0.25, -0.2) is 4.98 Å². The van der Waals surface area contributed by atoms with E-state index >= 15 is 0 Å². The predicted molar refractivity (Wildman–Crippen MR) is 97.3 cm³/mol. The molecule has 6 heteroatoms. The molecule has 24 heavy (non-hydrogen) atoms. The Bertz CT molecular complexity index is 782. The van der Waals surface area contributed by atoms with Crippen molar-refractivity contribution in [2.75, 3.05) is 12.0 Å². The van der Waals surface area contributed by atoms with Gasteiger partial charge in [-0.05, 0) is 36.2 Å². The first kappa shape index (κ1) is 16.3. The Morgan fingerprint density at radius 3 is 2.71 bits per heavy atom. The van der Waals surface area contributed by atoms with Crippen molar-refractivity contribution in [3.05, 3.63) is 54.1 Å². The number of hydrogen-bond acceptors (Lipinski definition) is 5. The van der Waals surface area contributed by atoms with Crippen LogP contribution in [0.25, 0.3) is 10.2 Å². The summed E-state index contributed by atoms with van der Waals surface area (Å²) in [6.45, 7) is 2.10. The molecule has 0 aliphatic rings. The highest BCUT2D eigenvalue weighted by molar-refractivity contribution is 7.22. The lowest BCUT2D eigenvalue weighted by atomic mass is 10.1. The van der Waals surface area contributed by atoms with Gasteiger partial charge in [0, 0.05) is 0 Å². The Morgan fingerprint density at radius 2 is 1.96 bits per heavy atom. The molecular weight excluding hydrogens is 322 g/mol. The van der Waals surface area contributed by atoms with E-state index in [0.717, 1.165) is 23.1 Å². The van der Waals surface area contributed by atoms with E-state index in [1.807, 2.05) is 48.5 Å². The van der Waals surface area contributed by atoms with Gasteiger partial charge in [0.25, 0.3) is 5.91 Å². The Hall–Kier alpha value is -2.60. The fraction of sp³-hybridized carbons (Fsp3) is 0.222. The number of aryl methyl sites for hydroxylation is 1. The van der Waals surface area contributed by atoms with Crippen molar-refractivity contribution in [1.29, 1.82) is 0 Å². The summed E-state index contributed by atoms with van der Waals surface area (Å²) in [6, 6.07) is 15.6. The molecule has 0 fully saturated rings. The van der Waals surface area contributed by atoms with Crippen LogP contribution in [0.1, 0.15) is 18.9 Å². The molecule has 0 atom stereocenters. The summed E-state index contributed by atoms with van der Waals surface area (Å²) < 4.78 is 6.55. The topological polar surface area (TPSA) is 63.2 Å². The van der Waals surface area contributed by atoms with Crippen LogP contribution in [0.5, 0.6) is 5.75 Å². The summed E-state index contributed by atoms with van der Waals surface area (Å²) in [5.74, 6) is 0.428. The number of carbonyl (C=O) groups excluding carboxylic acids is 1. The Labute approximate surface area is 144 Å². The number of nitrogens with zero attached hydrogens (tertiary/aromatic N) is 1. The molecule has 124 valence electrons. The third-order valence-corrected chi connectivity index (χ3v) is 4.39. The van der Waals surface area contributed by atoms with Crippen molar-refractivity contribution in [2.24, 2.45) is 0 Å². The van der Waals surface area contributed by atoms with Crippen molar-refractivity contribution in [1.82, 2.24) is 10.4 Å². The van der Waals surface area contributed by atoms with Gasteiger partial charge in [0.05, 0.1) is 10.2 Å². The smallest absolute Gasteiger partial charge is 0.276 e. The lowest BCUT2D eigenvalue weighted by Gasteiger charge is -2.08. The molecule has 5 nitrogen and oxygen atoms in total. The van der Waals surface area contributed by atoms with Crippen LogP contribution in [0, 0.1) is 0 Å². The largest absolute Gasteiger partial charge is 0.484 e. The Kier molecular flexibility index (Phi) is 5.28. The molecule has 0 bridgehead atoms. The van der Waals surface area contributed by atoms with Gasteiger partial charge in [-0.15, -0.1) is 0 Å². The van der Waals surface area contributed by atoms with Crippen molar-refractivity contribution in [3.63, 3.8) is 0 Å². The number of thiazole rings is 1. The van der Waals surface area contributed by atoms with Crippen LogP contribution in [0.15, 0.2) is 48.5 Å². The molecule has 0 saturated heterocycles. The fourth-order valence-corrected chi connectivity index (χ4v) is 3.09. The van der Waals surface area contributed by atoms with Gasteiger partial charge in [0.1, 0.15) is 5.75 Å². The minimum Gasteiger partial charge on any atom is -0.484 e. The zero-order chi connectivity index (χ0) is 16.8. The molecule has 0 aliphatic carbocycles. The van der Waals surface area contributed by atoms with E-state index < -0.39 is 0 Å². The number of benzene rings is 2. The highest BCUT2D eigenvalue weighted by Crippen LogP contribution is 2.24. The van der Waals surface area contributed by atoms with Crippen LogP contribution >= 0.6 is 11.3 Å². The van der Waals surface area contributed by atoms with Crippen molar-refractivity contribution in [3.8, 4) is 5.75 Å². The third kappa shape index (κ3) is 4.23. The lowest BCUT2D eigenvalue weighted by Crippen LogP contribution is -2.33. The normalized spacial score (nSPS) is 10.5. The number of anilines is 1. The molecule has 0 unspecified atom stereocenters. The Morgan fingerprint density at radius 1 is 1.17 bits per heavy atom. The van der Waals surface area contributed by atoms with Gasteiger partial charge in [0.15, 0.2) is 6.61 Å². The number of rotatable bonds is 7. The second-order valence-corrected chi connectivity index (χ2v) is 6.37. The minimum absolute atomic E-state index is 0.0506. The van der Waals surface area contributed by atoms with Gasteiger partial charge < -0.3 is 4.74 Å². The first-order chi connectivity index (χ1) is 11.7. The molecule has 1 heterocycles. The second kappa shape index (κ2) is 7.79. The molecule has 1 amide bonds. The van der Waals surface area contributed by atoms with Crippen molar-refractivity contribution < 1.29 is 9.53 Å². The maximum atomic E-state index is 11.9. The number of nitrogens with one attached hydrogen (secondary N) is 2. The van der Waals surface area contributed by atoms with Crippen LogP contribution < -0.4 is 15.6 Å². The zero-order valence-electron chi connectivity index (χ0n) is 13.4. The maximum absolute atomic E-state index is 11.9. The minimum atomic E-state index is -0.258. The molecular formula is C18H19N3O2S. The standard InChI is InChI=1S/C18H19N3O2S/c1-2-5-13-8-10-14(11-9-13)23-12-17(22)20-21-18-19-15-6-3-4-7-16(15)24-18/h3-4,6-11H,2,5,12H2,1H3,(H,19,21)(H,20,22).